The van der Waals surface area contributed by atoms with Crippen LogP contribution in [0, 0.1) is 0 Å². The molecular weight excluding hydrogens is 432 g/mol. The van der Waals surface area contributed by atoms with E-state index in [2.05, 4.69) is 16.0 Å². The van der Waals surface area contributed by atoms with Crippen molar-refractivity contribution in [2.24, 2.45) is 0 Å². The molecule has 2 aromatic carbocycles. The molecule has 0 saturated carbocycles. The lowest BCUT2D eigenvalue weighted by molar-refractivity contribution is -0.114. The maximum Gasteiger partial charge on any atom is 0.251 e. The maximum absolute atomic E-state index is 12.5. The number of nitrogens with zero attached hydrogens (tertiary/aromatic N) is 1. The summed E-state index contributed by atoms with van der Waals surface area (Å²) in [5.41, 5.74) is 1.37. The fourth-order valence-corrected chi connectivity index (χ4v) is 4.84. The number of benzene rings is 2. The fraction of sp³-hybridized carbons (Fsp3) is 0.318. The van der Waals surface area contributed by atoms with E-state index in [-0.39, 0.29) is 35.7 Å². The second kappa shape index (κ2) is 10.4. The van der Waals surface area contributed by atoms with Crippen molar-refractivity contribution in [3.8, 4) is 0 Å². The minimum absolute atomic E-state index is 0.174. The summed E-state index contributed by atoms with van der Waals surface area (Å²) >= 11 is 0. The van der Waals surface area contributed by atoms with Crippen LogP contribution in [0.3, 0.4) is 0 Å². The van der Waals surface area contributed by atoms with Crippen LogP contribution in [0.2, 0.25) is 0 Å². The van der Waals surface area contributed by atoms with Gasteiger partial charge in [0.25, 0.3) is 11.8 Å². The first-order valence-electron chi connectivity index (χ1n) is 10.3. The topological polar surface area (TPSA) is 125 Å². The molecule has 1 aliphatic heterocycles. The number of carbonyl (C=O) groups excluding carboxylic acids is 3. The van der Waals surface area contributed by atoms with Gasteiger partial charge in [-0.3, -0.25) is 14.4 Å². The van der Waals surface area contributed by atoms with Crippen molar-refractivity contribution in [2.45, 2.75) is 24.7 Å². The Morgan fingerprint density at radius 2 is 1.28 bits per heavy atom. The van der Waals surface area contributed by atoms with Crippen molar-refractivity contribution >= 4 is 33.4 Å². The molecule has 32 heavy (non-hydrogen) atoms. The minimum atomic E-state index is -3.51. The summed E-state index contributed by atoms with van der Waals surface area (Å²) in [6.07, 6.45) is 1.72. The molecule has 170 valence electrons. The number of amides is 3. The van der Waals surface area contributed by atoms with E-state index in [1.807, 2.05) is 0 Å². The first-order valence-corrected chi connectivity index (χ1v) is 11.8. The highest BCUT2D eigenvalue weighted by Gasteiger charge is 2.27. The van der Waals surface area contributed by atoms with Gasteiger partial charge in [0.15, 0.2) is 0 Å². The van der Waals surface area contributed by atoms with Crippen molar-refractivity contribution < 1.29 is 22.8 Å². The molecule has 0 atom stereocenters. The summed E-state index contributed by atoms with van der Waals surface area (Å²) < 4.78 is 26.5. The van der Waals surface area contributed by atoms with Gasteiger partial charge in [-0.05, 0) is 61.4 Å². The normalized spacial score (nSPS) is 14.0. The van der Waals surface area contributed by atoms with Crippen LogP contribution in [0.1, 0.15) is 40.5 Å². The molecule has 0 aromatic heterocycles. The first kappa shape index (κ1) is 23.4. The zero-order valence-corrected chi connectivity index (χ0v) is 18.6. The number of sulfonamides is 1. The van der Waals surface area contributed by atoms with Crippen molar-refractivity contribution in [3.63, 3.8) is 0 Å². The lowest BCUT2D eigenvalue weighted by Crippen LogP contribution is -2.34. The molecular formula is C22H26N4O5S. The van der Waals surface area contributed by atoms with Crippen LogP contribution in [0.4, 0.5) is 5.69 Å². The average Bonchev–Trinajstić information content (AvgIpc) is 3.32. The molecule has 3 N–H and O–H groups in total. The molecule has 1 fully saturated rings. The largest absolute Gasteiger partial charge is 0.350 e. The van der Waals surface area contributed by atoms with E-state index >= 15 is 0 Å². The fourth-order valence-electron chi connectivity index (χ4n) is 3.32. The van der Waals surface area contributed by atoms with Gasteiger partial charge in [0.1, 0.15) is 0 Å². The van der Waals surface area contributed by atoms with E-state index in [4.69, 9.17) is 0 Å². The first-order chi connectivity index (χ1) is 15.3. The summed E-state index contributed by atoms with van der Waals surface area (Å²) in [5.74, 6) is -0.852. The molecule has 10 heteroatoms. The molecule has 1 aliphatic rings. The maximum atomic E-state index is 12.5. The monoisotopic (exact) mass is 458 g/mol. The Bertz CT molecular complexity index is 1080. The van der Waals surface area contributed by atoms with Crippen LogP contribution < -0.4 is 16.0 Å². The smallest absolute Gasteiger partial charge is 0.251 e. The molecule has 3 amide bonds. The van der Waals surface area contributed by atoms with Crippen molar-refractivity contribution in [3.05, 3.63) is 59.7 Å². The number of carbonyl (C=O) groups is 3. The van der Waals surface area contributed by atoms with E-state index in [1.54, 1.807) is 24.3 Å². The molecule has 0 radical (unpaired) electrons. The number of hydrogen-bond acceptors (Lipinski definition) is 5. The quantitative estimate of drug-likeness (QED) is 0.518. The van der Waals surface area contributed by atoms with Gasteiger partial charge in [0.05, 0.1) is 4.90 Å². The van der Waals surface area contributed by atoms with Gasteiger partial charge in [0, 0.05) is 49.9 Å². The molecule has 0 aliphatic carbocycles. The van der Waals surface area contributed by atoms with Crippen LogP contribution in [0.5, 0.6) is 0 Å². The van der Waals surface area contributed by atoms with Crippen LogP contribution >= 0.6 is 0 Å². The summed E-state index contributed by atoms with van der Waals surface area (Å²) in [7, 11) is -3.51. The van der Waals surface area contributed by atoms with Crippen molar-refractivity contribution in [1.82, 2.24) is 14.9 Å². The number of anilines is 1. The van der Waals surface area contributed by atoms with Gasteiger partial charge in [-0.2, -0.15) is 4.31 Å². The third-order valence-corrected chi connectivity index (χ3v) is 6.90. The molecule has 9 nitrogen and oxygen atoms in total. The standard InChI is InChI=1S/C22H26N4O5S/c1-16(27)25-19-8-4-17(5-9-19)21(28)23-12-13-24-22(29)18-6-10-20(11-7-18)32(30,31)26-14-2-3-15-26/h4-11H,2-3,12-15H2,1H3,(H,23,28)(H,24,29)(H,25,27). The third kappa shape index (κ3) is 5.92. The molecule has 1 saturated heterocycles. The van der Waals surface area contributed by atoms with Gasteiger partial charge >= 0.3 is 0 Å². The Hall–Kier alpha value is -3.24. The van der Waals surface area contributed by atoms with Crippen LogP contribution in [-0.2, 0) is 14.8 Å². The van der Waals surface area contributed by atoms with Crippen molar-refractivity contribution in [2.75, 3.05) is 31.5 Å². The van der Waals surface area contributed by atoms with E-state index in [9.17, 15) is 22.8 Å². The van der Waals surface area contributed by atoms with Crippen LogP contribution in [0.15, 0.2) is 53.4 Å². The van der Waals surface area contributed by atoms with E-state index < -0.39 is 10.0 Å². The molecule has 1 heterocycles. The van der Waals surface area contributed by atoms with Crippen LogP contribution in [0.25, 0.3) is 0 Å². The van der Waals surface area contributed by atoms with E-state index in [0.29, 0.717) is 29.9 Å². The zero-order valence-electron chi connectivity index (χ0n) is 17.8. The molecule has 2 aromatic rings. The van der Waals surface area contributed by atoms with Gasteiger partial charge in [0.2, 0.25) is 15.9 Å². The van der Waals surface area contributed by atoms with Crippen LogP contribution in [-0.4, -0.2) is 56.6 Å². The number of hydrogen-bond donors (Lipinski definition) is 3. The predicted octanol–water partition coefficient (Wildman–Crippen LogP) is 1.59. The molecule has 0 unspecified atom stereocenters. The average molecular weight is 459 g/mol. The number of nitrogens with one attached hydrogen (secondary N) is 3. The van der Waals surface area contributed by atoms with Gasteiger partial charge in [-0.15, -0.1) is 0 Å². The molecule has 0 spiro atoms. The lowest BCUT2D eigenvalue weighted by Gasteiger charge is -2.15. The highest BCUT2D eigenvalue weighted by atomic mass is 32.2. The molecule has 0 bridgehead atoms. The second-order valence-electron chi connectivity index (χ2n) is 7.41. The van der Waals surface area contributed by atoms with Gasteiger partial charge in [-0.1, -0.05) is 0 Å². The Labute approximate surface area is 187 Å². The van der Waals surface area contributed by atoms with E-state index in [0.717, 1.165) is 12.8 Å². The number of rotatable bonds is 8. The third-order valence-electron chi connectivity index (χ3n) is 4.98. The van der Waals surface area contributed by atoms with Gasteiger partial charge in [-0.25, -0.2) is 8.42 Å². The summed E-state index contributed by atoms with van der Waals surface area (Å²) in [6.45, 7) is 2.88. The summed E-state index contributed by atoms with van der Waals surface area (Å²) in [6, 6.07) is 12.3. The summed E-state index contributed by atoms with van der Waals surface area (Å²) in [5, 5.41) is 8.01. The Kier molecular flexibility index (Phi) is 7.60. The highest BCUT2D eigenvalue weighted by molar-refractivity contribution is 7.89. The SMILES string of the molecule is CC(=O)Nc1ccc(C(=O)NCCNC(=O)c2ccc(S(=O)(=O)N3CCCC3)cc2)cc1. The van der Waals surface area contributed by atoms with Crippen molar-refractivity contribution in [1.29, 1.82) is 0 Å². The Balaban J connectivity index is 1.45. The second-order valence-corrected chi connectivity index (χ2v) is 9.34. The zero-order chi connectivity index (χ0) is 23.1. The summed E-state index contributed by atoms with van der Waals surface area (Å²) in [4.78, 5) is 35.6. The van der Waals surface area contributed by atoms with E-state index in [1.165, 1.54) is 35.5 Å². The highest BCUT2D eigenvalue weighted by Crippen LogP contribution is 2.21. The van der Waals surface area contributed by atoms with Gasteiger partial charge < -0.3 is 16.0 Å². The Morgan fingerprint density at radius 3 is 1.75 bits per heavy atom. The predicted molar refractivity (Wildman–Crippen MR) is 120 cm³/mol. The molecule has 3 rings (SSSR count). The minimum Gasteiger partial charge on any atom is -0.350 e. The Morgan fingerprint density at radius 1 is 0.812 bits per heavy atom. The lowest BCUT2D eigenvalue weighted by atomic mass is 10.2.